The third-order valence-corrected chi connectivity index (χ3v) is 7.57. The van der Waals surface area contributed by atoms with Gasteiger partial charge in [0, 0.05) is 25.1 Å². The van der Waals surface area contributed by atoms with Crippen molar-refractivity contribution in [3.05, 3.63) is 70.8 Å². The van der Waals surface area contributed by atoms with Gasteiger partial charge in [0.1, 0.15) is 11.6 Å². The number of likely N-dealkylation sites (tertiary alicyclic amines) is 1. The lowest BCUT2D eigenvalue weighted by Gasteiger charge is -2.38. The number of carbonyl (C=O) groups excluding carboxylic acids is 2. The highest BCUT2D eigenvalue weighted by Gasteiger charge is 2.39. The summed E-state index contributed by atoms with van der Waals surface area (Å²) < 4.78 is 16.6. The SMILES string of the molecule is CC(C)(C)OC(=O)[C@@H]1CCCN1C[C@H]1C[C@@H](c2ccc(CO)cc2)O[C@@H](c2ccc(CNC(=O)C(Cl)(Cl)Cl)cc2)O1. The van der Waals surface area contributed by atoms with Crippen molar-refractivity contribution in [3.63, 3.8) is 0 Å². The van der Waals surface area contributed by atoms with Crippen molar-refractivity contribution < 1.29 is 28.9 Å². The van der Waals surface area contributed by atoms with Gasteiger partial charge in [-0.05, 0) is 56.8 Å². The number of carbonyl (C=O) groups is 2. The van der Waals surface area contributed by atoms with Gasteiger partial charge >= 0.3 is 5.97 Å². The van der Waals surface area contributed by atoms with Gasteiger partial charge in [0.2, 0.25) is 0 Å². The van der Waals surface area contributed by atoms with Crippen LogP contribution in [0.4, 0.5) is 0 Å². The van der Waals surface area contributed by atoms with E-state index in [1.807, 2.05) is 69.3 Å². The molecule has 224 valence electrons. The molecule has 1 amide bonds. The van der Waals surface area contributed by atoms with Crippen molar-refractivity contribution in [1.29, 1.82) is 0 Å². The first kappa shape index (κ1) is 32.0. The number of alkyl halides is 3. The average Bonchev–Trinajstić information content (AvgIpc) is 3.38. The molecule has 0 radical (unpaired) electrons. The van der Waals surface area contributed by atoms with Gasteiger partial charge in [0.05, 0.1) is 18.8 Å². The van der Waals surface area contributed by atoms with E-state index in [1.165, 1.54) is 0 Å². The minimum atomic E-state index is -2.03. The van der Waals surface area contributed by atoms with Crippen LogP contribution in [0.2, 0.25) is 0 Å². The molecule has 2 saturated heterocycles. The Kier molecular flexibility index (Phi) is 10.6. The molecular weight excluding hydrogens is 591 g/mol. The van der Waals surface area contributed by atoms with Crippen LogP contribution >= 0.6 is 34.8 Å². The fourth-order valence-corrected chi connectivity index (χ4v) is 5.25. The Hall–Kier alpha value is -1.91. The largest absolute Gasteiger partial charge is 0.459 e. The monoisotopic (exact) mass is 626 g/mol. The first-order valence-corrected chi connectivity index (χ1v) is 14.9. The highest BCUT2D eigenvalue weighted by atomic mass is 35.6. The highest BCUT2D eigenvalue weighted by molar-refractivity contribution is 6.76. The van der Waals surface area contributed by atoms with Crippen LogP contribution in [0, 0.1) is 0 Å². The number of nitrogens with zero attached hydrogens (tertiary/aromatic N) is 1. The maximum absolute atomic E-state index is 12.9. The Morgan fingerprint density at radius 2 is 1.63 bits per heavy atom. The molecule has 2 aromatic rings. The molecule has 0 bridgehead atoms. The summed E-state index contributed by atoms with van der Waals surface area (Å²) in [6.07, 6.45) is 1.17. The maximum Gasteiger partial charge on any atom is 0.323 e. The molecule has 2 aliphatic rings. The highest BCUT2D eigenvalue weighted by Crippen LogP contribution is 2.39. The lowest BCUT2D eigenvalue weighted by atomic mass is 9.99. The summed E-state index contributed by atoms with van der Waals surface area (Å²) in [4.78, 5) is 27.0. The first-order valence-electron chi connectivity index (χ1n) is 13.7. The molecule has 2 N–H and O–H groups in total. The molecule has 0 aromatic heterocycles. The van der Waals surface area contributed by atoms with Crippen LogP contribution in [0.15, 0.2) is 48.5 Å². The average molecular weight is 628 g/mol. The van der Waals surface area contributed by atoms with Gasteiger partial charge in [-0.15, -0.1) is 0 Å². The Balaban J connectivity index is 1.49. The molecule has 0 aliphatic carbocycles. The van der Waals surface area contributed by atoms with E-state index in [0.717, 1.165) is 41.6 Å². The van der Waals surface area contributed by atoms with E-state index in [-0.39, 0.29) is 37.4 Å². The number of amides is 1. The molecule has 0 spiro atoms. The molecule has 4 rings (SSSR count). The van der Waals surface area contributed by atoms with E-state index < -0.39 is 21.6 Å². The van der Waals surface area contributed by atoms with Gasteiger partial charge in [-0.1, -0.05) is 83.3 Å². The molecule has 2 heterocycles. The Morgan fingerprint density at radius 1 is 1.00 bits per heavy atom. The van der Waals surface area contributed by atoms with Crippen LogP contribution in [-0.4, -0.2) is 56.5 Å². The van der Waals surface area contributed by atoms with E-state index in [9.17, 15) is 14.7 Å². The molecule has 11 heteroatoms. The van der Waals surface area contributed by atoms with Crippen LogP contribution < -0.4 is 5.32 Å². The summed E-state index contributed by atoms with van der Waals surface area (Å²) in [5.41, 5.74) is 2.89. The molecule has 0 unspecified atom stereocenters. The van der Waals surface area contributed by atoms with E-state index >= 15 is 0 Å². The number of esters is 1. The van der Waals surface area contributed by atoms with Gasteiger partial charge in [-0.2, -0.15) is 0 Å². The van der Waals surface area contributed by atoms with Crippen LogP contribution in [-0.2, 0) is 37.0 Å². The molecule has 2 aromatic carbocycles. The molecular formula is C30H37Cl3N2O6. The number of rotatable bonds is 8. The van der Waals surface area contributed by atoms with Crippen LogP contribution in [0.3, 0.4) is 0 Å². The lowest BCUT2D eigenvalue weighted by molar-refractivity contribution is -0.253. The number of halogens is 3. The van der Waals surface area contributed by atoms with Crippen molar-refractivity contribution in [3.8, 4) is 0 Å². The van der Waals surface area contributed by atoms with Crippen molar-refractivity contribution >= 4 is 46.7 Å². The topological polar surface area (TPSA) is 97.3 Å². The third kappa shape index (κ3) is 9.04. The van der Waals surface area contributed by atoms with Gasteiger partial charge < -0.3 is 24.6 Å². The molecule has 2 aliphatic heterocycles. The molecule has 4 atom stereocenters. The quantitative estimate of drug-likeness (QED) is 0.294. The molecule has 8 nitrogen and oxygen atoms in total. The van der Waals surface area contributed by atoms with Crippen molar-refractivity contribution in [2.45, 2.75) is 87.1 Å². The van der Waals surface area contributed by atoms with Gasteiger partial charge in [-0.25, -0.2) is 0 Å². The van der Waals surface area contributed by atoms with Gasteiger partial charge in [0.15, 0.2) is 6.29 Å². The number of benzene rings is 2. The van der Waals surface area contributed by atoms with Crippen LogP contribution in [0.25, 0.3) is 0 Å². The predicted octanol–water partition coefficient (Wildman–Crippen LogP) is 5.52. The minimum Gasteiger partial charge on any atom is -0.459 e. The number of aliphatic hydroxyl groups excluding tert-OH is 1. The lowest BCUT2D eigenvalue weighted by Crippen LogP contribution is -2.45. The maximum atomic E-state index is 12.9. The zero-order chi connectivity index (χ0) is 29.8. The van der Waals surface area contributed by atoms with E-state index in [2.05, 4.69) is 10.2 Å². The summed E-state index contributed by atoms with van der Waals surface area (Å²) in [5.74, 6) is -0.901. The fourth-order valence-electron chi connectivity index (χ4n) is 5.05. The molecule has 41 heavy (non-hydrogen) atoms. The van der Waals surface area contributed by atoms with Gasteiger partial charge in [-0.3, -0.25) is 14.5 Å². The van der Waals surface area contributed by atoms with E-state index in [4.69, 9.17) is 49.0 Å². The Bertz CT molecular complexity index is 1180. The van der Waals surface area contributed by atoms with Crippen LogP contribution in [0.5, 0.6) is 0 Å². The number of hydrogen-bond donors (Lipinski definition) is 2. The summed E-state index contributed by atoms with van der Waals surface area (Å²) in [7, 11) is 0. The smallest absolute Gasteiger partial charge is 0.323 e. The summed E-state index contributed by atoms with van der Waals surface area (Å²) in [6.45, 7) is 7.16. The number of nitrogens with one attached hydrogen (secondary N) is 1. The molecule has 2 fully saturated rings. The van der Waals surface area contributed by atoms with Crippen molar-refractivity contribution in [1.82, 2.24) is 10.2 Å². The Labute approximate surface area is 256 Å². The first-order chi connectivity index (χ1) is 19.3. The number of aliphatic hydroxyl groups is 1. The zero-order valence-corrected chi connectivity index (χ0v) is 25.7. The fraction of sp³-hybridized carbons (Fsp3) is 0.533. The third-order valence-electron chi connectivity index (χ3n) is 7.06. The summed E-state index contributed by atoms with van der Waals surface area (Å²) >= 11 is 16.9. The van der Waals surface area contributed by atoms with Crippen LogP contribution in [0.1, 0.15) is 74.7 Å². The van der Waals surface area contributed by atoms with Crippen molar-refractivity contribution in [2.75, 3.05) is 13.1 Å². The second kappa shape index (κ2) is 13.6. The zero-order valence-electron chi connectivity index (χ0n) is 23.4. The Morgan fingerprint density at radius 3 is 2.24 bits per heavy atom. The van der Waals surface area contributed by atoms with E-state index in [0.29, 0.717) is 13.0 Å². The predicted molar refractivity (Wildman–Crippen MR) is 157 cm³/mol. The second-order valence-corrected chi connectivity index (χ2v) is 13.7. The normalized spacial score (nSPS) is 23.8. The molecule has 0 saturated carbocycles. The van der Waals surface area contributed by atoms with Gasteiger partial charge in [0.25, 0.3) is 9.70 Å². The summed E-state index contributed by atoms with van der Waals surface area (Å²) in [6, 6.07) is 14.9. The van der Waals surface area contributed by atoms with E-state index in [1.54, 1.807) is 0 Å². The number of ether oxygens (including phenoxy) is 3. The van der Waals surface area contributed by atoms with Crippen molar-refractivity contribution in [2.24, 2.45) is 0 Å². The summed E-state index contributed by atoms with van der Waals surface area (Å²) in [5, 5.41) is 12.1. The second-order valence-electron chi connectivity index (χ2n) is 11.5. The standard InChI is InChI=1S/C30H37Cl3N2O6/c1-29(2,3)41-26(37)24-5-4-14-35(24)17-23-15-25(21-10-8-20(18-36)9-11-21)40-27(39-23)22-12-6-19(7-13-22)16-34-28(38)30(31,32)33/h6-13,23-25,27,36H,4-5,14-18H2,1-3H3,(H,34,38)/t23-,24+,25+,27+/m1/s1. The number of hydrogen-bond acceptors (Lipinski definition) is 7. The minimum absolute atomic E-state index is 0.0321.